The van der Waals surface area contributed by atoms with Gasteiger partial charge in [0.1, 0.15) is 5.75 Å². The van der Waals surface area contributed by atoms with Gasteiger partial charge in [0.25, 0.3) is 0 Å². The van der Waals surface area contributed by atoms with Crippen LogP contribution in [-0.4, -0.2) is 16.1 Å². The van der Waals surface area contributed by atoms with Crippen LogP contribution in [0.25, 0.3) is 0 Å². The molecule has 0 aliphatic rings. The van der Waals surface area contributed by atoms with Crippen LogP contribution in [0.3, 0.4) is 0 Å². The fraction of sp³-hybridized carbons (Fsp3) is 0. The quantitative estimate of drug-likeness (QED) is 0.826. The molecule has 0 unspecified atom stereocenters. The Balaban J connectivity index is 2.30. The molecule has 3 N–H and O–H groups in total. The summed E-state index contributed by atoms with van der Waals surface area (Å²) in [7, 11) is 0. The van der Waals surface area contributed by atoms with Crippen molar-refractivity contribution in [3.05, 3.63) is 45.7 Å². The maximum Gasteiger partial charge on any atom is 0.337 e. The fourth-order valence-electron chi connectivity index (χ4n) is 1.30. The van der Waals surface area contributed by atoms with Crippen molar-refractivity contribution in [1.82, 2.24) is 4.98 Å². The number of carboxylic acids is 1. The molecule has 18 heavy (non-hydrogen) atoms. The number of hydrogen-bond acceptors (Lipinski definition) is 4. The normalized spacial score (nSPS) is 10.1. The molecule has 0 radical (unpaired) electrons. The van der Waals surface area contributed by atoms with Gasteiger partial charge in [0.15, 0.2) is 0 Å². The molecule has 1 aromatic carbocycles. The minimum atomic E-state index is -1.07. The number of para-hydroxylation sites is 1. The van der Waals surface area contributed by atoms with Crippen LogP contribution in [0.4, 0.5) is 5.69 Å². The first-order valence-corrected chi connectivity index (χ1v) is 6.07. The van der Waals surface area contributed by atoms with Gasteiger partial charge in [-0.15, -0.1) is 0 Å². The summed E-state index contributed by atoms with van der Waals surface area (Å²) in [5, 5.41) is 8.80. The van der Waals surface area contributed by atoms with Crippen molar-refractivity contribution < 1.29 is 14.6 Å². The molecule has 0 aliphatic carbocycles. The Hall–Kier alpha value is -1.83. The summed E-state index contributed by atoms with van der Waals surface area (Å²) in [6, 6.07) is 8.71. The van der Waals surface area contributed by atoms with E-state index in [1.807, 2.05) is 18.2 Å². The number of hydrogen-bond donors (Lipinski definition) is 2. The highest BCUT2D eigenvalue weighted by molar-refractivity contribution is 14.1. The van der Waals surface area contributed by atoms with Crippen LogP contribution in [0.15, 0.2) is 36.5 Å². The molecular formula is C12H9IN2O3. The zero-order valence-corrected chi connectivity index (χ0v) is 11.3. The zero-order chi connectivity index (χ0) is 13.1. The largest absolute Gasteiger partial charge is 0.478 e. The summed E-state index contributed by atoms with van der Waals surface area (Å²) in [5.41, 5.74) is 5.92. The molecule has 0 aliphatic heterocycles. The highest BCUT2D eigenvalue weighted by atomic mass is 127. The van der Waals surface area contributed by atoms with Crippen molar-refractivity contribution in [3.8, 4) is 11.6 Å². The van der Waals surface area contributed by atoms with Crippen molar-refractivity contribution in [2.24, 2.45) is 0 Å². The standard InChI is InChI=1S/C12H9IN2O3/c13-8-3-1-2-4-10(8)18-11-9(14)5-7(6-15-11)12(16)17/h1-6H,14H2,(H,16,17). The van der Waals surface area contributed by atoms with E-state index in [1.54, 1.807) is 6.07 Å². The highest BCUT2D eigenvalue weighted by Gasteiger charge is 2.10. The smallest absolute Gasteiger partial charge is 0.337 e. The SMILES string of the molecule is Nc1cc(C(=O)O)cnc1Oc1ccccc1I. The molecule has 0 spiro atoms. The molecule has 2 rings (SSSR count). The fourth-order valence-corrected chi connectivity index (χ4v) is 1.80. The maximum absolute atomic E-state index is 10.7. The molecule has 0 atom stereocenters. The molecule has 2 aromatic rings. The van der Waals surface area contributed by atoms with E-state index in [1.165, 1.54) is 12.3 Å². The topological polar surface area (TPSA) is 85.4 Å². The van der Waals surface area contributed by atoms with Crippen LogP contribution in [0.2, 0.25) is 0 Å². The predicted octanol–water partition coefficient (Wildman–Crippen LogP) is 2.76. The Kier molecular flexibility index (Phi) is 3.66. The second kappa shape index (κ2) is 5.21. The van der Waals surface area contributed by atoms with Crippen LogP contribution in [0.1, 0.15) is 10.4 Å². The Morgan fingerprint density at radius 2 is 2.11 bits per heavy atom. The third-order valence-electron chi connectivity index (χ3n) is 2.17. The average molecular weight is 356 g/mol. The minimum absolute atomic E-state index is 0.0302. The van der Waals surface area contributed by atoms with Gasteiger partial charge < -0.3 is 15.6 Å². The molecule has 0 fully saturated rings. The highest BCUT2D eigenvalue weighted by Crippen LogP contribution is 2.28. The number of pyridine rings is 1. The lowest BCUT2D eigenvalue weighted by molar-refractivity contribution is 0.0696. The van der Waals surface area contributed by atoms with E-state index in [2.05, 4.69) is 27.6 Å². The molecule has 1 heterocycles. The van der Waals surface area contributed by atoms with Gasteiger partial charge in [-0.05, 0) is 40.8 Å². The zero-order valence-electron chi connectivity index (χ0n) is 9.13. The van der Waals surface area contributed by atoms with Gasteiger partial charge in [-0.25, -0.2) is 9.78 Å². The Labute approximate surface area is 117 Å². The van der Waals surface area contributed by atoms with Crippen molar-refractivity contribution >= 4 is 34.2 Å². The Morgan fingerprint density at radius 3 is 2.72 bits per heavy atom. The molecule has 0 amide bonds. The van der Waals surface area contributed by atoms with Crippen LogP contribution >= 0.6 is 22.6 Å². The van der Waals surface area contributed by atoms with E-state index in [9.17, 15) is 4.79 Å². The number of nitrogen functional groups attached to an aromatic ring is 1. The Bertz CT molecular complexity index is 602. The van der Waals surface area contributed by atoms with Crippen molar-refractivity contribution in [3.63, 3.8) is 0 Å². The second-order valence-electron chi connectivity index (χ2n) is 3.46. The number of halogens is 1. The number of aromatic carboxylic acids is 1. The summed E-state index contributed by atoms with van der Waals surface area (Å²) in [5.74, 6) is -0.250. The molecular weight excluding hydrogens is 347 g/mol. The van der Waals surface area contributed by atoms with E-state index < -0.39 is 5.97 Å². The lowest BCUT2D eigenvalue weighted by Gasteiger charge is -2.08. The average Bonchev–Trinajstić information content (AvgIpc) is 2.34. The molecule has 92 valence electrons. The lowest BCUT2D eigenvalue weighted by atomic mass is 10.2. The molecule has 0 saturated heterocycles. The van der Waals surface area contributed by atoms with E-state index in [-0.39, 0.29) is 17.1 Å². The number of nitrogens with zero attached hydrogens (tertiary/aromatic N) is 1. The van der Waals surface area contributed by atoms with Gasteiger partial charge in [0.2, 0.25) is 5.88 Å². The van der Waals surface area contributed by atoms with Crippen LogP contribution in [0, 0.1) is 3.57 Å². The molecule has 5 nitrogen and oxygen atoms in total. The number of benzene rings is 1. The summed E-state index contributed by atoms with van der Waals surface area (Å²) in [4.78, 5) is 14.6. The van der Waals surface area contributed by atoms with Crippen LogP contribution in [-0.2, 0) is 0 Å². The molecule has 1 aromatic heterocycles. The van der Waals surface area contributed by atoms with Crippen molar-refractivity contribution in [2.75, 3.05) is 5.73 Å². The van der Waals surface area contributed by atoms with Gasteiger partial charge >= 0.3 is 5.97 Å². The summed E-state index contributed by atoms with van der Waals surface area (Å²) in [6.45, 7) is 0. The van der Waals surface area contributed by atoms with E-state index in [4.69, 9.17) is 15.6 Å². The van der Waals surface area contributed by atoms with Gasteiger partial charge in [-0.3, -0.25) is 0 Å². The lowest BCUT2D eigenvalue weighted by Crippen LogP contribution is -2.02. The third kappa shape index (κ3) is 2.70. The number of nitrogens with two attached hydrogens (primary N) is 1. The van der Waals surface area contributed by atoms with E-state index >= 15 is 0 Å². The Morgan fingerprint density at radius 1 is 1.39 bits per heavy atom. The monoisotopic (exact) mass is 356 g/mol. The number of rotatable bonds is 3. The van der Waals surface area contributed by atoms with Gasteiger partial charge in [0.05, 0.1) is 14.8 Å². The maximum atomic E-state index is 10.7. The predicted molar refractivity (Wildman–Crippen MR) is 74.8 cm³/mol. The number of aromatic nitrogens is 1. The third-order valence-corrected chi connectivity index (χ3v) is 3.06. The summed E-state index contributed by atoms with van der Waals surface area (Å²) in [6.07, 6.45) is 1.21. The van der Waals surface area contributed by atoms with Gasteiger partial charge in [0, 0.05) is 6.20 Å². The first kappa shape index (κ1) is 12.6. The first-order chi connectivity index (χ1) is 8.58. The second-order valence-corrected chi connectivity index (χ2v) is 4.62. The van der Waals surface area contributed by atoms with E-state index in [0.29, 0.717) is 5.75 Å². The minimum Gasteiger partial charge on any atom is -0.478 e. The van der Waals surface area contributed by atoms with Gasteiger partial charge in [-0.2, -0.15) is 0 Å². The number of carbonyl (C=O) groups is 1. The number of anilines is 1. The summed E-state index contributed by atoms with van der Waals surface area (Å²) < 4.78 is 6.45. The van der Waals surface area contributed by atoms with Crippen molar-refractivity contribution in [1.29, 1.82) is 0 Å². The number of carboxylic acid groups (broad SMARTS) is 1. The van der Waals surface area contributed by atoms with Crippen LogP contribution in [0.5, 0.6) is 11.6 Å². The van der Waals surface area contributed by atoms with Crippen LogP contribution < -0.4 is 10.5 Å². The number of ether oxygens (including phenoxy) is 1. The van der Waals surface area contributed by atoms with E-state index in [0.717, 1.165) is 3.57 Å². The molecule has 0 saturated carbocycles. The first-order valence-electron chi connectivity index (χ1n) is 4.99. The van der Waals surface area contributed by atoms with Gasteiger partial charge in [-0.1, -0.05) is 12.1 Å². The summed E-state index contributed by atoms with van der Waals surface area (Å²) >= 11 is 2.13. The van der Waals surface area contributed by atoms with Crippen molar-refractivity contribution in [2.45, 2.75) is 0 Å². The molecule has 0 bridgehead atoms. The molecule has 6 heteroatoms.